The van der Waals surface area contributed by atoms with Gasteiger partial charge < -0.3 is 19.9 Å². The number of aliphatic hydroxyl groups excluding tert-OH is 1. The van der Waals surface area contributed by atoms with Crippen molar-refractivity contribution in [3.63, 3.8) is 0 Å². The average Bonchev–Trinajstić information content (AvgIpc) is 3.12. The maximum Gasteiger partial charge on any atom is 0.231 e. The van der Waals surface area contributed by atoms with Gasteiger partial charge in [-0.05, 0) is 30.5 Å². The Hall–Kier alpha value is -2.24. The number of fused-ring (bicyclic) bond motifs is 1. The Labute approximate surface area is 148 Å². The number of nitrogens with one attached hydrogen (secondary N) is 1. The molecule has 2 heterocycles. The van der Waals surface area contributed by atoms with Crippen molar-refractivity contribution in [3.05, 3.63) is 53.6 Å². The van der Waals surface area contributed by atoms with E-state index in [9.17, 15) is 5.11 Å². The molecule has 4 rings (SSSR count). The van der Waals surface area contributed by atoms with Gasteiger partial charge in [-0.25, -0.2) is 0 Å². The van der Waals surface area contributed by atoms with E-state index in [1.165, 1.54) is 5.56 Å². The van der Waals surface area contributed by atoms with Crippen LogP contribution in [0.15, 0.2) is 42.5 Å². The van der Waals surface area contributed by atoms with Gasteiger partial charge in [-0.15, -0.1) is 0 Å². The summed E-state index contributed by atoms with van der Waals surface area (Å²) < 4.78 is 11.0. The third-order valence-electron chi connectivity index (χ3n) is 4.92. The van der Waals surface area contributed by atoms with Gasteiger partial charge in [0.25, 0.3) is 0 Å². The quantitative estimate of drug-likeness (QED) is 0.876. The van der Waals surface area contributed by atoms with Crippen molar-refractivity contribution in [2.24, 2.45) is 0 Å². The highest BCUT2D eigenvalue weighted by atomic mass is 16.7. The van der Waals surface area contributed by atoms with Gasteiger partial charge in [-0.2, -0.15) is 0 Å². The number of ether oxygens (including phenoxy) is 2. The van der Waals surface area contributed by atoms with Crippen molar-refractivity contribution >= 4 is 5.69 Å². The second-order valence-corrected chi connectivity index (χ2v) is 6.67. The first kappa shape index (κ1) is 16.2. The fraction of sp³-hybridized carbons (Fsp3) is 0.400. The molecule has 0 unspecified atom stereocenters. The van der Waals surface area contributed by atoms with Crippen LogP contribution in [0.25, 0.3) is 0 Å². The van der Waals surface area contributed by atoms with E-state index in [4.69, 9.17) is 9.47 Å². The van der Waals surface area contributed by atoms with Crippen LogP contribution in [0.1, 0.15) is 24.0 Å². The zero-order valence-corrected chi connectivity index (χ0v) is 14.3. The summed E-state index contributed by atoms with van der Waals surface area (Å²) in [5.41, 5.74) is 3.53. The molecule has 5 heteroatoms. The van der Waals surface area contributed by atoms with E-state index in [2.05, 4.69) is 40.5 Å². The fourth-order valence-electron chi connectivity index (χ4n) is 3.47. The van der Waals surface area contributed by atoms with Crippen molar-refractivity contribution in [3.8, 4) is 11.5 Å². The molecule has 0 radical (unpaired) electrons. The lowest BCUT2D eigenvalue weighted by Gasteiger charge is -2.30. The maximum atomic E-state index is 9.67. The monoisotopic (exact) mass is 340 g/mol. The van der Waals surface area contributed by atoms with Crippen LogP contribution in [0, 0.1) is 0 Å². The van der Waals surface area contributed by atoms with Crippen molar-refractivity contribution in [1.29, 1.82) is 0 Å². The van der Waals surface area contributed by atoms with E-state index in [0.717, 1.165) is 55.2 Å². The van der Waals surface area contributed by atoms with E-state index in [-0.39, 0.29) is 6.10 Å². The SMILES string of the molecule is OC1CCN(Cc2ccccc2NCc2cccc3c2OCO3)CC1. The second kappa shape index (κ2) is 7.33. The lowest BCUT2D eigenvalue weighted by molar-refractivity contribution is 0.0793. The van der Waals surface area contributed by atoms with Crippen LogP contribution >= 0.6 is 0 Å². The highest BCUT2D eigenvalue weighted by molar-refractivity contribution is 5.54. The normalized spacial score (nSPS) is 17.6. The molecule has 1 fully saturated rings. The molecule has 2 aliphatic rings. The number of hydrogen-bond donors (Lipinski definition) is 2. The Morgan fingerprint density at radius 3 is 2.68 bits per heavy atom. The van der Waals surface area contributed by atoms with Crippen molar-refractivity contribution < 1.29 is 14.6 Å². The molecule has 0 atom stereocenters. The van der Waals surface area contributed by atoms with Crippen LogP contribution in [0.2, 0.25) is 0 Å². The van der Waals surface area contributed by atoms with Gasteiger partial charge in [0, 0.05) is 37.4 Å². The molecule has 0 bridgehead atoms. The van der Waals surface area contributed by atoms with Gasteiger partial charge in [0.2, 0.25) is 6.79 Å². The van der Waals surface area contributed by atoms with Gasteiger partial charge in [0.1, 0.15) is 0 Å². The highest BCUT2D eigenvalue weighted by Gasteiger charge is 2.19. The molecule has 0 aromatic heterocycles. The number of piperidine rings is 1. The number of likely N-dealkylation sites (tertiary alicyclic amines) is 1. The molecule has 5 nitrogen and oxygen atoms in total. The lowest BCUT2D eigenvalue weighted by atomic mass is 10.1. The minimum absolute atomic E-state index is 0.132. The van der Waals surface area contributed by atoms with Crippen LogP contribution in [-0.4, -0.2) is 36.0 Å². The Kier molecular flexibility index (Phi) is 4.76. The summed E-state index contributed by atoms with van der Waals surface area (Å²) in [7, 11) is 0. The highest BCUT2D eigenvalue weighted by Crippen LogP contribution is 2.35. The van der Waals surface area contributed by atoms with Crippen molar-refractivity contribution in [2.75, 3.05) is 25.2 Å². The van der Waals surface area contributed by atoms with Crippen LogP contribution in [-0.2, 0) is 13.1 Å². The minimum atomic E-state index is -0.132. The number of aliphatic hydroxyl groups is 1. The number of para-hydroxylation sites is 2. The molecule has 1 saturated heterocycles. The molecule has 2 aromatic carbocycles. The number of rotatable bonds is 5. The van der Waals surface area contributed by atoms with Gasteiger partial charge >= 0.3 is 0 Å². The van der Waals surface area contributed by atoms with E-state index in [1.807, 2.05) is 12.1 Å². The van der Waals surface area contributed by atoms with E-state index < -0.39 is 0 Å². The maximum absolute atomic E-state index is 9.67. The van der Waals surface area contributed by atoms with Gasteiger partial charge in [0.15, 0.2) is 11.5 Å². The number of nitrogens with zero attached hydrogens (tertiary/aromatic N) is 1. The van der Waals surface area contributed by atoms with Gasteiger partial charge in [-0.3, -0.25) is 4.90 Å². The smallest absolute Gasteiger partial charge is 0.231 e. The van der Waals surface area contributed by atoms with E-state index in [1.54, 1.807) is 0 Å². The molecular weight excluding hydrogens is 316 g/mol. The Bertz CT molecular complexity index is 727. The zero-order chi connectivity index (χ0) is 17.1. The van der Waals surface area contributed by atoms with E-state index >= 15 is 0 Å². The summed E-state index contributed by atoms with van der Waals surface area (Å²) in [6.07, 6.45) is 1.60. The standard InChI is InChI=1S/C20H24N2O3/c23-17-8-10-22(11-9-17)13-16-4-1-2-6-18(16)21-12-15-5-3-7-19-20(15)25-14-24-19/h1-7,17,21,23H,8-14H2. The predicted octanol–water partition coefficient (Wildman–Crippen LogP) is 2.98. The lowest BCUT2D eigenvalue weighted by Crippen LogP contribution is -2.35. The third kappa shape index (κ3) is 3.72. The fourth-order valence-corrected chi connectivity index (χ4v) is 3.47. The van der Waals surface area contributed by atoms with E-state index in [0.29, 0.717) is 13.3 Å². The Morgan fingerprint density at radius 2 is 1.80 bits per heavy atom. The second-order valence-electron chi connectivity index (χ2n) is 6.67. The molecule has 0 aliphatic carbocycles. The average molecular weight is 340 g/mol. The topological polar surface area (TPSA) is 54.0 Å². The summed E-state index contributed by atoms with van der Waals surface area (Å²) in [6.45, 7) is 3.80. The summed E-state index contributed by atoms with van der Waals surface area (Å²) >= 11 is 0. The number of anilines is 1. The molecule has 2 N–H and O–H groups in total. The molecule has 0 amide bonds. The first-order valence-corrected chi connectivity index (χ1v) is 8.89. The number of hydrogen-bond acceptors (Lipinski definition) is 5. The molecule has 0 saturated carbocycles. The molecule has 0 spiro atoms. The molecule has 25 heavy (non-hydrogen) atoms. The van der Waals surface area contributed by atoms with Crippen LogP contribution in [0.5, 0.6) is 11.5 Å². The van der Waals surface area contributed by atoms with Crippen LogP contribution in [0.4, 0.5) is 5.69 Å². The Morgan fingerprint density at radius 1 is 1.00 bits per heavy atom. The zero-order valence-electron chi connectivity index (χ0n) is 14.3. The third-order valence-corrected chi connectivity index (χ3v) is 4.92. The number of benzene rings is 2. The van der Waals surface area contributed by atoms with Crippen LogP contribution < -0.4 is 14.8 Å². The molecule has 2 aromatic rings. The van der Waals surface area contributed by atoms with Crippen molar-refractivity contribution in [2.45, 2.75) is 32.0 Å². The summed E-state index contributed by atoms with van der Waals surface area (Å²) in [6, 6.07) is 14.4. The summed E-state index contributed by atoms with van der Waals surface area (Å²) in [5, 5.41) is 13.2. The van der Waals surface area contributed by atoms with Crippen LogP contribution in [0.3, 0.4) is 0 Å². The first-order chi connectivity index (χ1) is 12.3. The van der Waals surface area contributed by atoms with Gasteiger partial charge in [0.05, 0.1) is 6.10 Å². The minimum Gasteiger partial charge on any atom is -0.454 e. The largest absolute Gasteiger partial charge is 0.454 e. The molecule has 132 valence electrons. The predicted molar refractivity (Wildman–Crippen MR) is 96.9 cm³/mol. The Balaban J connectivity index is 1.44. The first-order valence-electron chi connectivity index (χ1n) is 8.89. The van der Waals surface area contributed by atoms with Crippen molar-refractivity contribution in [1.82, 2.24) is 4.90 Å². The van der Waals surface area contributed by atoms with Gasteiger partial charge in [-0.1, -0.05) is 30.3 Å². The summed E-state index contributed by atoms with van der Waals surface area (Å²) in [5.74, 6) is 1.66. The molecular formula is C20H24N2O3. The molecule has 2 aliphatic heterocycles. The summed E-state index contributed by atoms with van der Waals surface area (Å²) in [4.78, 5) is 2.41.